The lowest BCUT2D eigenvalue weighted by Gasteiger charge is -2.31. The molecule has 0 aliphatic carbocycles. The van der Waals surface area contributed by atoms with Crippen LogP contribution in [0.5, 0.6) is 0 Å². The van der Waals surface area contributed by atoms with Crippen LogP contribution in [-0.4, -0.2) is 257 Å². The molecular formula is C68H95N23O19S2. The Bertz CT molecular complexity index is 4070. The average Bonchev–Trinajstić information content (AvgIpc) is 0.905. The number of carboxylic acid groups (broad SMARTS) is 2. The number of aryl methyl sites for hydroxylation is 1. The number of benzene rings is 2. The van der Waals surface area contributed by atoms with Crippen molar-refractivity contribution in [1.82, 2.24) is 94.0 Å². The number of hydrogen-bond acceptors (Lipinski definition) is 23. The minimum absolute atomic E-state index is 0.0208. The van der Waals surface area contributed by atoms with Gasteiger partial charge in [-0.2, -0.15) is 0 Å². The molecule has 4 bridgehead atoms. The predicted octanol–water partition coefficient (Wildman–Crippen LogP) is -6.82. The van der Waals surface area contributed by atoms with Gasteiger partial charge < -0.3 is 117 Å². The number of urea groups is 1. The molecule has 2 aromatic carbocycles. The lowest BCUT2D eigenvalue weighted by molar-refractivity contribution is -0.146. The second kappa shape index (κ2) is 43.1. The van der Waals surface area contributed by atoms with Crippen LogP contribution >= 0.6 is 21.6 Å². The first-order valence-corrected chi connectivity index (χ1v) is 38.4. The fraction of sp³-hybridized carbons (Fsp3) is 0.515. The number of aliphatic hydroxyl groups excluding tert-OH is 1. The first-order chi connectivity index (χ1) is 53.4. The average molecular weight is 1600 g/mol. The monoisotopic (exact) mass is 1600 g/mol. The number of carbonyl (C=O) groups excluding carboxylic acids is 14. The Balaban J connectivity index is 1.40. The van der Waals surface area contributed by atoms with Crippen LogP contribution in [0.2, 0.25) is 0 Å². The van der Waals surface area contributed by atoms with Crippen molar-refractivity contribution in [3.8, 4) is 0 Å². The third kappa shape index (κ3) is 27.1. The summed E-state index contributed by atoms with van der Waals surface area (Å²) in [7, 11) is 1.63. The van der Waals surface area contributed by atoms with Gasteiger partial charge in [-0.3, -0.25) is 77.2 Å². The standard InChI is InChI=1S/C68H95N23O19S2/c1-34(92)54-64(106)84-46(28-53(95)96)65(107)91-24-10-18-50(91)63(105)81-41(15-7-21-74-67(71)72)57(99)86-49-33-112-111-32-48(77-52(94)29-69)61(103)83-45(60(102)87-54)27-37-31-90(89-88-37)23-9-17-42(56(98)85-47(66(108)109)25-35-11-3-2-4-12-35)78-58(100)43(19-20-51(70)93)80-59(101)44(26-36-30-76-39-14-6-5-13-38(36)39)82-55(97)40(79-62(49)104)16-8-22-75-68(73)110/h2-6,11-14,30-31,34,40-50,54,76,92H,7-10,15-29,32-33,69H2,1H3,(H2,70,93)(H,77,94)(H,78,100)(H,79,104)(H,80,101)(H,81,105)(H,82,97)(H,83,103)(H,84,106)(H,85,98)(H,86,99)(H,87,102)(H,95,96)(H,108,109)(H4,71,72,74)(H3,73,75,110)/t34-,40+,41+,42?,43+,44+,45+,46+,47+,48+,49+,50+,54+/m1/s1. The fourth-order valence-electron chi connectivity index (χ4n) is 12.4. The predicted molar refractivity (Wildman–Crippen MR) is 401 cm³/mol. The highest BCUT2D eigenvalue weighted by Crippen LogP contribution is 2.26. The molecule has 608 valence electrons. The highest BCUT2D eigenvalue weighted by molar-refractivity contribution is 8.76. The number of nitrogens with zero attached hydrogens (tertiary/aromatic N) is 4. The van der Waals surface area contributed by atoms with Crippen molar-refractivity contribution >= 4 is 133 Å². The molecule has 112 heavy (non-hydrogen) atoms. The molecule has 0 saturated carbocycles. The number of aliphatic hydroxyl groups is 1. The van der Waals surface area contributed by atoms with Gasteiger partial charge in [0, 0.05) is 86.7 Å². The Kier molecular flexibility index (Phi) is 33.7. The van der Waals surface area contributed by atoms with Gasteiger partial charge in [-0.05, 0) is 81.9 Å². The van der Waals surface area contributed by atoms with Crippen LogP contribution in [0.15, 0.2) is 67.0 Å². The molecule has 4 aromatic rings. The molecule has 0 radical (unpaired) electrons. The number of amides is 15. The quantitative estimate of drug-likeness (QED) is 0.0142. The summed E-state index contributed by atoms with van der Waals surface area (Å²) in [6.45, 7) is -0.258. The van der Waals surface area contributed by atoms with Crippen molar-refractivity contribution in [3.63, 3.8) is 0 Å². The maximum atomic E-state index is 15.3. The van der Waals surface area contributed by atoms with E-state index in [0.29, 0.717) is 22.0 Å². The van der Waals surface area contributed by atoms with Gasteiger partial charge in [0.05, 0.1) is 24.8 Å². The maximum absolute atomic E-state index is 15.3. The number of carboxylic acids is 2. The number of H-pyrrole nitrogens is 1. The molecule has 2 fully saturated rings. The number of guanidine groups is 1. The van der Waals surface area contributed by atoms with Crippen LogP contribution in [0, 0.1) is 5.41 Å². The van der Waals surface area contributed by atoms with E-state index < -0.39 is 223 Å². The van der Waals surface area contributed by atoms with E-state index in [1.165, 1.54) is 10.9 Å². The van der Waals surface area contributed by atoms with Gasteiger partial charge in [0.2, 0.25) is 76.8 Å². The van der Waals surface area contributed by atoms with Crippen molar-refractivity contribution in [2.45, 2.75) is 182 Å². The topological polar surface area (TPSA) is 668 Å². The Morgan fingerprint density at radius 3 is 1.93 bits per heavy atom. The van der Waals surface area contributed by atoms with Crippen LogP contribution in [0.1, 0.15) is 94.4 Å². The molecule has 42 nitrogen and oxygen atoms in total. The van der Waals surface area contributed by atoms with E-state index in [0.717, 1.165) is 33.4 Å². The van der Waals surface area contributed by atoms with Crippen LogP contribution in [0.25, 0.3) is 10.9 Å². The summed E-state index contributed by atoms with van der Waals surface area (Å²) in [6.07, 6.45) is -3.63. The smallest absolute Gasteiger partial charge is 0.326 e. The van der Waals surface area contributed by atoms with E-state index in [4.69, 9.17) is 28.3 Å². The summed E-state index contributed by atoms with van der Waals surface area (Å²) >= 11 is 0. The molecule has 3 aliphatic rings. The zero-order valence-corrected chi connectivity index (χ0v) is 62.6. The van der Waals surface area contributed by atoms with Crippen LogP contribution < -0.4 is 92.1 Å². The SMILES string of the molecule is C[C@@H](O)[C@@H]1NC(=O)[C@@H]2Cc3cn(nn3)CCCC(C(=O)N[C@@H](Cc3ccccc3)C(=O)O)NC(=O)[C@H](CCC(N)=O)NC(=O)[C@H](Cc3c[nH]c4ccccc34)NC(=O)[C@H](CCCNC(N)=O)NC(=O)[C@H](CSSC[C@H](NC(=O)CN)C(=O)N2)NC(=O)[C@H](CCCNC(=N)N)NC(=O)[C@@H]2CCCN2C(=O)[C@H](CC(=O)O)NC1=O. The first kappa shape index (κ1) is 87.6. The van der Waals surface area contributed by atoms with Crippen molar-refractivity contribution < 1.29 is 92.0 Å². The lowest BCUT2D eigenvalue weighted by Crippen LogP contribution is -2.62. The van der Waals surface area contributed by atoms with Crippen LogP contribution in [-0.2, 0) is 97.7 Å². The number of carbonyl (C=O) groups is 16. The number of nitrogens with one attached hydrogen (secondary N) is 15. The molecule has 3 aliphatic heterocycles. The van der Waals surface area contributed by atoms with Gasteiger partial charge in [0.1, 0.15) is 72.5 Å². The molecule has 2 aromatic heterocycles. The summed E-state index contributed by atoms with van der Waals surface area (Å²) in [6, 6.07) is -6.78. The number of aromatic amines is 1. The molecule has 44 heteroatoms. The van der Waals surface area contributed by atoms with E-state index >= 15 is 19.2 Å². The van der Waals surface area contributed by atoms with Crippen LogP contribution in [0.4, 0.5) is 4.79 Å². The Morgan fingerprint density at radius 2 is 1.26 bits per heavy atom. The minimum Gasteiger partial charge on any atom is -0.481 e. The number of aromatic nitrogens is 4. The number of para-hydroxylation sites is 1. The molecule has 1 unspecified atom stereocenters. The van der Waals surface area contributed by atoms with Crippen molar-refractivity contribution in [1.29, 1.82) is 5.41 Å². The lowest BCUT2D eigenvalue weighted by atomic mass is 10.0. The van der Waals surface area contributed by atoms with E-state index in [-0.39, 0.29) is 96.1 Å². The summed E-state index contributed by atoms with van der Waals surface area (Å²) < 4.78 is 1.22. The zero-order chi connectivity index (χ0) is 81.7. The molecule has 2 saturated heterocycles. The molecule has 26 N–H and O–H groups in total. The second-order valence-corrected chi connectivity index (χ2v) is 29.3. The van der Waals surface area contributed by atoms with E-state index in [1.807, 2.05) is 0 Å². The second-order valence-electron chi connectivity index (χ2n) is 26.8. The number of primary amides is 2. The Morgan fingerprint density at radius 1 is 0.661 bits per heavy atom. The van der Waals surface area contributed by atoms with Gasteiger partial charge in [-0.15, -0.1) is 5.10 Å². The largest absolute Gasteiger partial charge is 0.481 e. The van der Waals surface area contributed by atoms with Gasteiger partial charge in [0.15, 0.2) is 5.96 Å². The number of hydrogen-bond donors (Lipinski definition) is 22. The number of rotatable bonds is 23. The Hall–Kier alpha value is -11.7. The molecule has 13 atom stereocenters. The summed E-state index contributed by atoms with van der Waals surface area (Å²) in [4.78, 5) is 231. The normalized spacial score (nSPS) is 23.9. The highest BCUT2D eigenvalue weighted by atomic mass is 33.1. The number of aliphatic carboxylic acids is 2. The number of nitrogens with two attached hydrogens (primary N) is 4. The van der Waals surface area contributed by atoms with Gasteiger partial charge in [-0.25, -0.2) is 9.59 Å². The van der Waals surface area contributed by atoms with E-state index in [2.05, 4.69) is 84.4 Å². The molecule has 7 rings (SSSR count). The number of fused-ring (bicyclic) bond motifs is 12. The van der Waals surface area contributed by atoms with Crippen molar-refractivity contribution in [3.05, 3.63) is 83.8 Å². The van der Waals surface area contributed by atoms with Crippen molar-refractivity contribution in [2.24, 2.45) is 22.9 Å². The summed E-state index contributed by atoms with van der Waals surface area (Å²) in [5.41, 5.74) is 23.7. The third-order valence-electron chi connectivity index (χ3n) is 18.2. The van der Waals surface area contributed by atoms with Gasteiger partial charge >= 0.3 is 18.0 Å². The van der Waals surface area contributed by atoms with Crippen LogP contribution in [0.3, 0.4) is 0 Å². The molecular weight excluding hydrogens is 1510 g/mol. The third-order valence-corrected chi connectivity index (χ3v) is 20.6. The highest BCUT2D eigenvalue weighted by Gasteiger charge is 2.43. The molecule has 0 spiro atoms. The molecule has 5 heterocycles. The Labute approximate surface area is 648 Å². The van der Waals surface area contributed by atoms with E-state index in [1.54, 1.807) is 60.8 Å². The summed E-state index contributed by atoms with van der Waals surface area (Å²) in [5.74, 6) is -18.6. The van der Waals surface area contributed by atoms with Gasteiger partial charge in [0.25, 0.3) is 0 Å². The molecule has 15 amide bonds. The minimum atomic E-state index is -2.05. The maximum Gasteiger partial charge on any atom is 0.326 e. The fourth-order valence-corrected chi connectivity index (χ4v) is 14.8. The zero-order valence-electron chi connectivity index (χ0n) is 61.0. The van der Waals surface area contributed by atoms with Crippen molar-refractivity contribution in [2.75, 3.05) is 37.7 Å². The summed E-state index contributed by atoms with van der Waals surface area (Å²) in [5, 5.41) is 81.1. The van der Waals surface area contributed by atoms with Gasteiger partial charge in [-0.1, -0.05) is 75.3 Å². The van der Waals surface area contributed by atoms with E-state index in [9.17, 15) is 72.9 Å². The first-order valence-electron chi connectivity index (χ1n) is 36.0.